The Morgan fingerprint density at radius 1 is 0.326 bits per heavy atom. The molecule has 6 heterocycles. The van der Waals surface area contributed by atoms with E-state index in [2.05, 4.69) is 5.32 Å². The molecule has 0 aromatic carbocycles. The average molecular weight is 1250 g/mol. The second-order valence-corrected chi connectivity index (χ2v) is 22.2. The predicted molar refractivity (Wildman–Crippen MR) is 293 cm³/mol. The Balaban J connectivity index is 1.09. The Morgan fingerprint density at radius 3 is 0.930 bits per heavy atom. The molecule has 1 aliphatic carbocycles. The summed E-state index contributed by atoms with van der Waals surface area (Å²) in [5, 5.41) is 14.3. The van der Waals surface area contributed by atoms with Gasteiger partial charge in [0.15, 0.2) is 31.5 Å². The van der Waals surface area contributed by atoms with Gasteiger partial charge in [-0.2, -0.15) is 0 Å². The molecular weight excluding hydrogens is 1150 g/mol. The summed E-state index contributed by atoms with van der Waals surface area (Å²) in [5.74, 6) is -0.403. The van der Waals surface area contributed by atoms with Crippen molar-refractivity contribution in [2.45, 2.75) is 190 Å². The Morgan fingerprint density at radius 2 is 0.628 bits per heavy atom. The van der Waals surface area contributed by atoms with Crippen LogP contribution in [0.4, 0.5) is 0 Å². The van der Waals surface area contributed by atoms with Gasteiger partial charge in [0.2, 0.25) is 0 Å². The second-order valence-electron chi connectivity index (χ2n) is 22.2. The van der Waals surface area contributed by atoms with Crippen molar-refractivity contribution in [3.63, 3.8) is 0 Å². The highest BCUT2D eigenvalue weighted by Crippen LogP contribution is 2.53. The van der Waals surface area contributed by atoms with E-state index in [1.165, 1.54) is 71.1 Å². The molecule has 0 bridgehead atoms. The van der Waals surface area contributed by atoms with E-state index in [-0.39, 0.29) is 45.7 Å². The lowest BCUT2D eigenvalue weighted by Gasteiger charge is -2.52. The average Bonchev–Trinajstić information content (AvgIpc) is 1.54. The molecule has 86 heavy (non-hydrogen) atoms. The maximum absolute atomic E-state index is 10.6. The van der Waals surface area contributed by atoms with Gasteiger partial charge < -0.3 is 143 Å². The minimum atomic E-state index is -1.17. The molecule has 0 aromatic heterocycles. The van der Waals surface area contributed by atoms with Gasteiger partial charge >= 0.3 is 0 Å². The first-order valence-corrected chi connectivity index (χ1v) is 29.0. The first-order valence-electron chi connectivity index (χ1n) is 29.0. The van der Waals surface area contributed by atoms with Crippen LogP contribution < -0.4 is 5.32 Å². The monoisotopic (exact) mass is 1250 g/mol. The summed E-state index contributed by atoms with van der Waals surface area (Å²) in [6, 6.07) is -0.932. The topological polar surface area (TPSA) is 294 Å². The number of hydrogen-bond donors (Lipinski definition) is 2. The van der Waals surface area contributed by atoms with Crippen LogP contribution in [0, 0.1) is 5.92 Å². The highest BCUT2D eigenvalue weighted by molar-refractivity contribution is 5.22. The summed E-state index contributed by atoms with van der Waals surface area (Å²) >= 11 is 0. The molecule has 1 saturated carbocycles. The van der Waals surface area contributed by atoms with Gasteiger partial charge in [0.05, 0.1) is 63.9 Å². The van der Waals surface area contributed by atoms with Gasteiger partial charge in [0.1, 0.15) is 128 Å². The Bertz CT molecular complexity index is 1930. The van der Waals surface area contributed by atoms with E-state index in [9.17, 15) is 5.11 Å². The van der Waals surface area contributed by atoms with Crippen LogP contribution in [0.3, 0.4) is 0 Å². The van der Waals surface area contributed by atoms with Gasteiger partial charge in [0, 0.05) is 134 Å². The number of nitrogens with one attached hydrogen (secondary N) is 1. The molecule has 30 nitrogen and oxygen atoms in total. The molecule has 0 amide bonds. The molecule has 0 spiro atoms. The molecule has 13 unspecified atom stereocenters. The van der Waals surface area contributed by atoms with E-state index < -0.39 is 183 Å². The van der Waals surface area contributed by atoms with Crippen molar-refractivity contribution in [1.29, 1.82) is 0 Å². The minimum Gasteiger partial charge on any atom is -0.396 e. The molecule has 0 radical (unpaired) electrons. The number of methoxy groups -OCH3 is 18. The number of hydrogen-bond acceptors (Lipinski definition) is 30. The number of aliphatic hydroxyl groups is 1. The smallest absolute Gasteiger partial charge is 0.187 e. The highest BCUT2D eigenvalue weighted by Gasteiger charge is 2.73. The summed E-state index contributed by atoms with van der Waals surface area (Å²) in [7, 11) is 27.8. The number of ether oxygens (including phenoxy) is 28. The van der Waals surface area contributed by atoms with Crippen LogP contribution in [-0.2, 0) is 133 Å². The zero-order valence-electron chi connectivity index (χ0n) is 53.4. The van der Waals surface area contributed by atoms with Gasteiger partial charge in [0.25, 0.3) is 0 Å². The van der Waals surface area contributed by atoms with Gasteiger partial charge in [-0.25, -0.2) is 0 Å². The SMILES string of the molecule is COCC1O[C@H](O[C@H]2C(COC)O[C@H](O[C@H]3C(COC)O[C@H](O[C@H]4C(COC)O[C@@H](OC)C(OC)[C@@H]4OC)C(OC)[C@@H]3OC)C(OC)[C@@H]2OC)C(OC)[C@H](OC)[C@H]1O[C@@H]1OC(C)[C@H](N[C@H]2C(OC)[C@H](OC)[C@@H](CO)C3(COC)OC23)[C@@H](OC)C1OC. The lowest BCUT2D eigenvalue weighted by Crippen LogP contribution is -2.71. The van der Waals surface area contributed by atoms with E-state index in [4.69, 9.17) is 133 Å². The van der Waals surface area contributed by atoms with Crippen LogP contribution in [0.25, 0.3) is 0 Å². The maximum atomic E-state index is 10.6. The third-order valence-corrected chi connectivity index (χ3v) is 17.9. The Kier molecular flexibility index (Phi) is 28.6. The molecular formula is C56H101NO29. The molecule has 31 atom stereocenters. The van der Waals surface area contributed by atoms with Crippen LogP contribution in [0.15, 0.2) is 0 Å². The lowest BCUT2D eigenvalue weighted by atomic mass is 9.73. The quantitative estimate of drug-likeness (QED) is 0.0680. The predicted octanol–water partition coefficient (Wildman–Crippen LogP) is -1.68. The minimum absolute atomic E-state index is 0.00484. The first-order chi connectivity index (χ1) is 41.7. The van der Waals surface area contributed by atoms with Crippen molar-refractivity contribution in [3.8, 4) is 0 Å². The largest absolute Gasteiger partial charge is 0.396 e. The zero-order chi connectivity index (χ0) is 62.6. The first kappa shape index (κ1) is 72.2. The summed E-state index contributed by atoms with van der Waals surface area (Å²) in [6.07, 6.45) is -22.5. The third-order valence-electron chi connectivity index (χ3n) is 17.9. The van der Waals surface area contributed by atoms with Crippen molar-refractivity contribution in [1.82, 2.24) is 5.32 Å². The van der Waals surface area contributed by atoms with Crippen molar-refractivity contribution >= 4 is 0 Å². The van der Waals surface area contributed by atoms with E-state index in [1.54, 1.807) is 56.9 Å². The van der Waals surface area contributed by atoms with E-state index in [1.807, 2.05) is 6.92 Å². The molecule has 7 rings (SSSR count). The molecule has 7 aliphatic rings. The summed E-state index contributed by atoms with van der Waals surface area (Å²) in [4.78, 5) is 0. The fraction of sp³-hybridized carbons (Fsp3) is 1.00. The number of fused-ring (bicyclic) bond motifs is 1. The second kappa shape index (κ2) is 34.1. The molecule has 6 saturated heterocycles. The molecule has 6 aliphatic heterocycles. The molecule has 504 valence electrons. The Hall–Kier alpha value is -1.20. The normalized spacial score (nSPS) is 46.3. The van der Waals surface area contributed by atoms with Gasteiger partial charge in [-0.1, -0.05) is 0 Å². The van der Waals surface area contributed by atoms with Crippen LogP contribution >= 0.6 is 0 Å². The summed E-state index contributed by atoms with van der Waals surface area (Å²) < 4.78 is 175. The number of epoxide rings is 1. The van der Waals surface area contributed by atoms with E-state index in [0.717, 1.165) is 0 Å². The molecule has 30 heteroatoms. The molecule has 2 N–H and O–H groups in total. The fourth-order valence-corrected chi connectivity index (χ4v) is 13.9. The summed E-state index contributed by atoms with van der Waals surface area (Å²) in [6.45, 7) is 2.13. The standard InChI is InChI=1S/C56H101NO29/c1-26-32(57-33-40(66-9)34(64-7)27(20-58)56(25-63-6)50(33)86-56)39(65-8)45(71-14)52(77-26)82-36-29(22-60-3)79-54(47(73-16)42(36)68-11)84-38-31(24-62-5)81-55(49(75-18)44(38)70-13)85-37-30(23-61-4)80-53(48(74-17)43(37)69-12)83-35-28(21-59-2)78-51(76-19)46(72-15)41(35)67-10/h26-55,57-58H,20-25H2,1-19H3/t26?,27-,28?,29?,30?,31?,32+,33+,34-,35+,36+,37+,38+,39-,40?,41-,42-,43-,44-,45?,46?,47?,48?,49?,50?,51-,52+,53-,54-,55-,56?/m1/s1. The van der Waals surface area contributed by atoms with Gasteiger partial charge in [-0.05, 0) is 6.92 Å². The molecule has 7 fully saturated rings. The van der Waals surface area contributed by atoms with Crippen molar-refractivity contribution in [2.24, 2.45) is 5.92 Å². The van der Waals surface area contributed by atoms with Gasteiger partial charge in [-0.3, -0.25) is 0 Å². The van der Waals surface area contributed by atoms with Crippen molar-refractivity contribution < 1.29 is 138 Å². The lowest BCUT2D eigenvalue weighted by molar-refractivity contribution is -0.398. The zero-order valence-corrected chi connectivity index (χ0v) is 53.4. The maximum Gasteiger partial charge on any atom is 0.187 e. The van der Waals surface area contributed by atoms with Crippen LogP contribution in [0.2, 0.25) is 0 Å². The number of rotatable bonds is 34. The van der Waals surface area contributed by atoms with Gasteiger partial charge in [-0.15, -0.1) is 0 Å². The van der Waals surface area contributed by atoms with Crippen LogP contribution in [0.5, 0.6) is 0 Å². The number of aliphatic hydroxyl groups excluding tert-OH is 1. The van der Waals surface area contributed by atoms with E-state index in [0.29, 0.717) is 0 Å². The molecule has 0 aromatic rings. The van der Waals surface area contributed by atoms with E-state index >= 15 is 0 Å². The van der Waals surface area contributed by atoms with Crippen LogP contribution in [-0.4, -0.2) is 356 Å². The fourth-order valence-electron chi connectivity index (χ4n) is 13.9. The summed E-state index contributed by atoms with van der Waals surface area (Å²) in [5.41, 5.74) is -0.801. The van der Waals surface area contributed by atoms with Crippen molar-refractivity contribution in [3.05, 3.63) is 0 Å². The van der Waals surface area contributed by atoms with Crippen molar-refractivity contribution in [2.75, 3.05) is 168 Å². The van der Waals surface area contributed by atoms with Crippen LogP contribution in [0.1, 0.15) is 6.92 Å². The highest BCUT2D eigenvalue weighted by atomic mass is 16.8. The Labute approximate surface area is 505 Å². The third kappa shape index (κ3) is 14.8.